The van der Waals surface area contributed by atoms with Crippen LogP contribution in [-0.4, -0.2) is 46.3 Å². The van der Waals surface area contributed by atoms with Crippen LogP contribution in [0.3, 0.4) is 0 Å². The van der Waals surface area contributed by atoms with Crippen molar-refractivity contribution in [3.8, 4) is 17.2 Å². The van der Waals surface area contributed by atoms with Crippen LogP contribution in [0.25, 0.3) is 6.08 Å². The zero-order chi connectivity index (χ0) is 22.7. The van der Waals surface area contributed by atoms with Crippen molar-refractivity contribution in [2.24, 2.45) is 0 Å². The van der Waals surface area contributed by atoms with E-state index >= 15 is 0 Å². The van der Waals surface area contributed by atoms with Crippen molar-refractivity contribution in [3.05, 3.63) is 62.0 Å². The number of nitrogens with zero attached hydrogens (tertiary/aromatic N) is 2. The minimum atomic E-state index is -0.643. The van der Waals surface area contributed by atoms with Gasteiger partial charge in [-0.3, -0.25) is 24.6 Å². The number of phenols is 1. The van der Waals surface area contributed by atoms with E-state index in [0.717, 1.165) is 28.2 Å². The lowest BCUT2D eigenvalue weighted by Gasteiger charge is -2.14. The van der Waals surface area contributed by atoms with Crippen LogP contribution < -0.4 is 9.47 Å². The SMILES string of the molecule is COc1cc([N+](=O)[O-])cc(/C=C2\SC(=O)N(CCOc3cc(C)ccc3C)C2=O)c1O. The molecule has 31 heavy (non-hydrogen) atoms. The number of non-ortho nitro benzene ring substituents is 1. The molecule has 1 saturated heterocycles. The fourth-order valence-corrected chi connectivity index (χ4v) is 3.78. The Morgan fingerprint density at radius 2 is 1.94 bits per heavy atom. The molecule has 0 aliphatic carbocycles. The summed E-state index contributed by atoms with van der Waals surface area (Å²) in [5, 5.41) is 20.9. The summed E-state index contributed by atoms with van der Waals surface area (Å²) < 4.78 is 10.7. The second-order valence-corrected chi connectivity index (χ2v) is 7.79. The molecule has 2 aromatic carbocycles. The van der Waals surface area contributed by atoms with Crippen LogP contribution in [0, 0.1) is 24.0 Å². The number of rotatable bonds is 7. The number of nitro benzene ring substituents is 1. The number of aromatic hydroxyl groups is 1. The predicted molar refractivity (Wildman–Crippen MR) is 115 cm³/mol. The minimum Gasteiger partial charge on any atom is -0.504 e. The fourth-order valence-electron chi connectivity index (χ4n) is 2.93. The van der Waals surface area contributed by atoms with Gasteiger partial charge in [-0.15, -0.1) is 0 Å². The van der Waals surface area contributed by atoms with Gasteiger partial charge in [0.15, 0.2) is 11.5 Å². The van der Waals surface area contributed by atoms with Crippen LogP contribution in [0.4, 0.5) is 10.5 Å². The maximum Gasteiger partial charge on any atom is 0.293 e. The summed E-state index contributed by atoms with van der Waals surface area (Å²) >= 11 is 0.686. The number of imide groups is 1. The molecule has 0 saturated carbocycles. The number of benzene rings is 2. The number of hydrogen-bond donors (Lipinski definition) is 1. The number of nitro groups is 1. The summed E-state index contributed by atoms with van der Waals surface area (Å²) in [4.78, 5) is 36.5. The zero-order valence-electron chi connectivity index (χ0n) is 17.1. The maximum absolute atomic E-state index is 12.7. The molecular formula is C21H20N2O7S. The predicted octanol–water partition coefficient (Wildman–Crippen LogP) is 4.04. The summed E-state index contributed by atoms with van der Waals surface area (Å²) in [6.45, 7) is 3.99. The molecule has 1 heterocycles. The van der Waals surface area contributed by atoms with Crippen molar-refractivity contribution in [3.63, 3.8) is 0 Å². The Hall–Kier alpha value is -3.53. The molecule has 1 fully saturated rings. The largest absolute Gasteiger partial charge is 0.504 e. The van der Waals surface area contributed by atoms with Crippen LogP contribution >= 0.6 is 11.8 Å². The van der Waals surface area contributed by atoms with Crippen molar-refractivity contribution in [2.75, 3.05) is 20.3 Å². The van der Waals surface area contributed by atoms with Gasteiger partial charge in [0.05, 0.1) is 29.5 Å². The molecule has 1 aliphatic rings. The average molecular weight is 444 g/mol. The molecule has 9 nitrogen and oxygen atoms in total. The molecule has 0 atom stereocenters. The fraction of sp³-hybridized carbons (Fsp3) is 0.238. The number of thioether (sulfide) groups is 1. The first kappa shape index (κ1) is 22.2. The highest BCUT2D eigenvalue weighted by atomic mass is 32.2. The number of carbonyl (C=O) groups excluding carboxylic acids is 2. The lowest BCUT2D eigenvalue weighted by molar-refractivity contribution is -0.385. The van der Waals surface area contributed by atoms with Crippen molar-refractivity contribution < 1.29 is 29.1 Å². The van der Waals surface area contributed by atoms with Gasteiger partial charge in [0.25, 0.3) is 16.8 Å². The van der Waals surface area contributed by atoms with Gasteiger partial charge in [0.2, 0.25) is 0 Å². The average Bonchev–Trinajstić information content (AvgIpc) is 2.99. The quantitative estimate of drug-likeness (QED) is 0.386. The van der Waals surface area contributed by atoms with Gasteiger partial charge >= 0.3 is 0 Å². The summed E-state index contributed by atoms with van der Waals surface area (Å²) in [5.74, 6) is -0.361. The van der Waals surface area contributed by atoms with Gasteiger partial charge in [0.1, 0.15) is 12.4 Å². The third-order valence-electron chi connectivity index (χ3n) is 4.60. The Morgan fingerprint density at radius 1 is 1.19 bits per heavy atom. The summed E-state index contributed by atoms with van der Waals surface area (Å²) in [6, 6.07) is 7.94. The smallest absolute Gasteiger partial charge is 0.293 e. The third-order valence-corrected chi connectivity index (χ3v) is 5.50. The monoisotopic (exact) mass is 444 g/mol. The number of carbonyl (C=O) groups is 2. The number of ether oxygens (including phenoxy) is 2. The second-order valence-electron chi connectivity index (χ2n) is 6.79. The van der Waals surface area contributed by atoms with E-state index in [2.05, 4.69) is 0 Å². The molecule has 10 heteroatoms. The summed E-state index contributed by atoms with van der Waals surface area (Å²) in [5.41, 5.74) is 1.65. The van der Waals surface area contributed by atoms with Crippen LogP contribution in [0.5, 0.6) is 17.2 Å². The molecule has 1 aliphatic heterocycles. The van der Waals surface area contributed by atoms with Gasteiger partial charge < -0.3 is 14.6 Å². The molecule has 1 N–H and O–H groups in total. The lowest BCUT2D eigenvalue weighted by atomic mass is 10.1. The van der Waals surface area contributed by atoms with E-state index < -0.39 is 16.1 Å². The molecule has 0 unspecified atom stereocenters. The second kappa shape index (κ2) is 9.09. The molecule has 3 rings (SSSR count). The van der Waals surface area contributed by atoms with Gasteiger partial charge in [-0.25, -0.2) is 0 Å². The molecule has 0 aromatic heterocycles. The molecular weight excluding hydrogens is 424 g/mol. The zero-order valence-corrected chi connectivity index (χ0v) is 17.9. The lowest BCUT2D eigenvalue weighted by Crippen LogP contribution is -2.32. The van der Waals surface area contributed by atoms with Crippen LogP contribution in [0.1, 0.15) is 16.7 Å². The standard InChI is InChI=1S/C21H20N2O7S/c1-12-4-5-13(2)16(8-12)30-7-6-22-20(25)18(31-21(22)26)10-14-9-15(23(27)28)11-17(29-3)19(14)24/h4-5,8-11,24H,6-7H2,1-3H3/b18-10-. The van der Waals surface area contributed by atoms with Crippen molar-refractivity contribution in [1.29, 1.82) is 0 Å². The Morgan fingerprint density at radius 3 is 2.61 bits per heavy atom. The number of hydrogen-bond acceptors (Lipinski definition) is 8. The molecule has 2 aromatic rings. The molecule has 0 radical (unpaired) electrons. The highest BCUT2D eigenvalue weighted by Gasteiger charge is 2.35. The molecule has 0 bridgehead atoms. The number of phenolic OH excluding ortho intramolecular Hbond substituents is 1. The number of aryl methyl sites for hydroxylation is 2. The summed E-state index contributed by atoms with van der Waals surface area (Å²) in [6.07, 6.45) is 1.24. The van der Waals surface area contributed by atoms with Gasteiger partial charge in [-0.1, -0.05) is 12.1 Å². The first-order valence-corrected chi connectivity index (χ1v) is 10.0. The van der Waals surface area contributed by atoms with Crippen LogP contribution in [0.15, 0.2) is 35.2 Å². The first-order valence-electron chi connectivity index (χ1n) is 9.22. The van der Waals surface area contributed by atoms with Crippen molar-refractivity contribution >= 4 is 34.7 Å². The summed E-state index contributed by atoms with van der Waals surface area (Å²) in [7, 11) is 1.26. The normalized spacial score (nSPS) is 14.9. The Kier molecular flexibility index (Phi) is 6.50. The van der Waals surface area contributed by atoms with Crippen molar-refractivity contribution in [2.45, 2.75) is 13.8 Å². The van der Waals surface area contributed by atoms with E-state index in [9.17, 15) is 24.8 Å². The number of amides is 2. The van der Waals surface area contributed by atoms with Gasteiger partial charge in [-0.05, 0) is 48.9 Å². The minimum absolute atomic E-state index is 0.00295. The Balaban J connectivity index is 1.77. The van der Waals surface area contributed by atoms with E-state index in [0.29, 0.717) is 17.5 Å². The Bertz CT molecular complexity index is 1100. The first-order chi connectivity index (χ1) is 14.7. The van der Waals surface area contributed by atoms with Crippen LogP contribution in [-0.2, 0) is 4.79 Å². The van der Waals surface area contributed by atoms with Crippen molar-refractivity contribution in [1.82, 2.24) is 4.90 Å². The van der Waals surface area contributed by atoms with Crippen LogP contribution in [0.2, 0.25) is 0 Å². The third kappa shape index (κ3) is 4.80. The van der Waals surface area contributed by atoms with Gasteiger partial charge in [0, 0.05) is 11.6 Å². The highest BCUT2D eigenvalue weighted by molar-refractivity contribution is 8.18. The van der Waals surface area contributed by atoms with E-state index in [4.69, 9.17) is 9.47 Å². The number of methoxy groups -OCH3 is 1. The molecule has 162 valence electrons. The Labute approximate surface area is 182 Å². The highest BCUT2D eigenvalue weighted by Crippen LogP contribution is 2.39. The maximum atomic E-state index is 12.7. The topological polar surface area (TPSA) is 119 Å². The molecule has 0 spiro atoms. The van der Waals surface area contributed by atoms with E-state index in [1.54, 1.807) is 0 Å². The van der Waals surface area contributed by atoms with E-state index in [-0.39, 0.29) is 40.8 Å². The van der Waals surface area contributed by atoms with E-state index in [1.165, 1.54) is 13.2 Å². The molecule has 2 amide bonds. The van der Waals surface area contributed by atoms with Gasteiger partial charge in [-0.2, -0.15) is 0 Å². The van der Waals surface area contributed by atoms with E-state index in [1.807, 2.05) is 32.0 Å².